The van der Waals surface area contributed by atoms with Crippen LogP contribution in [0.5, 0.6) is 5.75 Å². The third kappa shape index (κ3) is 5.81. The highest BCUT2D eigenvalue weighted by atomic mass is 16.6. The normalized spacial score (nSPS) is 13.3. The third-order valence-corrected chi connectivity index (χ3v) is 7.04. The van der Waals surface area contributed by atoms with Gasteiger partial charge in [-0.2, -0.15) is 0 Å². The Hall–Kier alpha value is -4.63. The minimum Gasteiger partial charge on any atom is -0.486 e. The van der Waals surface area contributed by atoms with Crippen molar-refractivity contribution in [2.75, 3.05) is 25.1 Å². The van der Waals surface area contributed by atoms with Crippen LogP contribution in [0.3, 0.4) is 0 Å². The molecule has 0 unspecified atom stereocenters. The number of nitrogens with one attached hydrogen (secondary N) is 1. The first-order valence-electron chi connectivity index (χ1n) is 13.8. The number of esters is 1. The lowest BCUT2D eigenvalue weighted by atomic mass is 10.1. The maximum absolute atomic E-state index is 13.7. The van der Waals surface area contributed by atoms with Gasteiger partial charge in [-0.15, -0.1) is 0 Å². The number of ether oxygens (including phenoxy) is 3. The lowest BCUT2D eigenvalue weighted by Gasteiger charge is -2.26. The van der Waals surface area contributed by atoms with E-state index in [0.29, 0.717) is 43.5 Å². The van der Waals surface area contributed by atoms with Gasteiger partial charge in [-0.3, -0.25) is 14.2 Å². The first kappa shape index (κ1) is 26.6. The molecule has 6 rings (SSSR count). The minimum absolute atomic E-state index is 0.0494. The molecule has 1 saturated heterocycles. The molecule has 5 aromatic rings. The smallest absolute Gasteiger partial charge is 0.326 e. The van der Waals surface area contributed by atoms with Crippen LogP contribution >= 0.6 is 0 Å². The van der Waals surface area contributed by atoms with Gasteiger partial charge >= 0.3 is 5.97 Å². The molecule has 1 aliphatic heterocycles. The van der Waals surface area contributed by atoms with Crippen LogP contribution in [0.1, 0.15) is 25.3 Å². The second-order valence-electron chi connectivity index (χ2n) is 10.0. The Bertz CT molecular complexity index is 1740. The standard InChI is InChI=1S/C32H31N3O6/c1-2-3-14-39-30(36)18-35-31(22-9-11-23(12-10-22)40-24-19-38-20-24)34-17-27(32(35)37)33-16-21-8-13-29-26(15-21)25-6-4-5-7-28(25)41-29/h4-13,15,17,24,33H,2-3,14,16,18-20H2,1H3. The number of anilines is 1. The summed E-state index contributed by atoms with van der Waals surface area (Å²) in [5.41, 5.74) is 3.23. The highest BCUT2D eigenvalue weighted by Crippen LogP contribution is 2.29. The van der Waals surface area contributed by atoms with Crippen LogP contribution in [0.25, 0.3) is 33.3 Å². The summed E-state index contributed by atoms with van der Waals surface area (Å²) in [6.45, 7) is 3.63. The highest BCUT2D eigenvalue weighted by molar-refractivity contribution is 6.05. The number of nitrogens with zero attached hydrogens (tertiary/aromatic N) is 2. The zero-order chi connectivity index (χ0) is 28.2. The topological polar surface area (TPSA) is 105 Å². The average molecular weight is 554 g/mol. The molecule has 0 saturated carbocycles. The number of benzene rings is 3. The fraction of sp³-hybridized carbons (Fsp3) is 0.281. The largest absolute Gasteiger partial charge is 0.486 e. The first-order chi connectivity index (χ1) is 20.1. The Morgan fingerprint density at radius 3 is 2.63 bits per heavy atom. The van der Waals surface area contributed by atoms with Crippen LogP contribution in [-0.4, -0.2) is 41.4 Å². The SMILES string of the molecule is CCCCOC(=O)Cn1c(-c2ccc(OC3COC3)cc2)ncc(NCc2ccc3oc4ccccc4c3c2)c1=O. The Labute approximate surface area is 236 Å². The molecule has 0 atom stereocenters. The van der Waals surface area contributed by atoms with Gasteiger partial charge in [-0.1, -0.05) is 37.6 Å². The zero-order valence-corrected chi connectivity index (χ0v) is 22.8. The fourth-order valence-corrected chi connectivity index (χ4v) is 4.73. The molecule has 0 radical (unpaired) electrons. The number of para-hydroxylation sites is 1. The molecular weight excluding hydrogens is 522 g/mol. The molecule has 2 aromatic heterocycles. The maximum Gasteiger partial charge on any atom is 0.326 e. The number of unbranched alkanes of at least 4 members (excludes halogenated alkanes) is 1. The first-order valence-corrected chi connectivity index (χ1v) is 13.8. The van der Waals surface area contributed by atoms with Crippen molar-refractivity contribution in [3.8, 4) is 17.1 Å². The van der Waals surface area contributed by atoms with E-state index in [9.17, 15) is 9.59 Å². The van der Waals surface area contributed by atoms with Gasteiger partial charge in [0.25, 0.3) is 5.56 Å². The van der Waals surface area contributed by atoms with Crippen molar-refractivity contribution in [2.24, 2.45) is 0 Å². The molecule has 1 fully saturated rings. The number of fused-ring (bicyclic) bond motifs is 3. The molecule has 41 heavy (non-hydrogen) atoms. The Balaban J connectivity index is 1.26. The third-order valence-electron chi connectivity index (χ3n) is 7.04. The lowest BCUT2D eigenvalue weighted by molar-refractivity contribution is -0.144. The van der Waals surface area contributed by atoms with E-state index in [1.165, 1.54) is 10.8 Å². The van der Waals surface area contributed by atoms with E-state index in [1.54, 1.807) is 0 Å². The van der Waals surface area contributed by atoms with E-state index in [4.69, 9.17) is 18.6 Å². The van der Waals surface area contributed by atoms with Crippen LogP contribution in [-0.2, 0) is 27.4 Å². The quantitative estimate of drug-likeness (QED) is 0.168. The molecule has 0 spiro atoms. The monoisotopic (exact) mass is 553 g/mol. The number of rotatable bonds is 11. The zero-order valence-electron chi connectivity index (χ0n) is 22.8. The van der Waals surface area contributed by atoms with Crippen LogP contribution in [0.15, 0.2) is 82.1 Å². The number of carbonyl (C=O) groups excluding carboxylic acids is 1. The molecule has 0 amide bonds. The van der Waals surface area contributed by atoms with Crippen LogP contribution in [0.2, 0.25) is 0 Å². The summed E-state index contributed by atoms with van der Waals surface area (Å²) in [6.07, 6.45) is 3.23. The highest BCUT2D eigenvalue weighted by Gasteiger charge is 2.21. The maximum atomic E-state index is 13.7. The predicted molar refractivity (Wildman–Crippen MR) is 156 cm³/mol. The van der Waals surface area contributed by atoms with E-state index in [-0.39, 0.29) is 23.9 Å². The second-order valence-corrected chi connectivity index (χ2v) is 10.0. The van der Waals surface area contributed by atoms with Crippen LogP contribution in [0, 0.1) is 0 Å². The summed E-state index contributed by atoms with van der Waals surface area (Å²) >= 11 is 0. The van der Waals surface area contributed by atoms with Crippen molar-refractivity contribution in [2.45, 2.75) is 39.0 Å². The van der Waals surface area contributed by atoms with Gasteiger partial charge in [0.2, 0.25) is 0 Å². The number of furan rings is 1. The van der Waals surface area contributed by atoms with Crippen LogP contribution in [0.4, 0.5) is 5.69 Å². The summed E-state index contributed by atoms with van der Waals surface area (Å²) < 4.78 is 23.7. The van der Waals surface area contributed by atoms with Crippen molar-refractivity contribution in [3.63, 3.8) is 0 Å². The van der Waals surface area contributed by atoms with E-state index < -0.39 is 5.97 Å². The molecule has 3 aromatic carbocycles. The van der Waals surface area contributed by atoms with Gasteiger partial charge in [0, 0.05) is 22.9 Å². The minimum atomic E-state index is -0.483. The van der Waals surface area contributed by atoms with Crippen molar-refractivity contribution in [1.82, 2.24) is 9.55 Å². The molecule has 0 aliphatic carbocycles. The molecule has 9 nitrogen and oxygen atoms in total. The Morgan fingerprint density at radius 1 is 1.05 bits per heavy atom. The summed E-state index contributed by atoms with van der Waals surface area (Å²) in [4.78, 5) is 30.9. The summed E-state index contributed by atoms with van der Waals surface area (Å²) in [6, 6.07) is 21.2. The summed E-state index contributed by atoms with van der Waals surface area (Å²) in [7, 11) is 0. The number of aromatic nitrogens is 2. The van der Waals surface area contributed by atoms with Gasteiger partial charge < -0.3 is 23.9 Å². The molecule has 9 heteroatoms. The molecule has 1 aliphatic rings. The molecule has 210 valence electrons. The van der Waals surface area contributed by atoms with Gasteiger partial charge in [0.1, 0.15) is 41.1 Å². The van der Waals surface area contributed by atoms with E-state index in [1.807, 2.05) is 67.6 Å². The Kier molecular flexibility index (Phi) is 7.69. The molecule has 1 N–H and O–H groups in total. The number of hydrogen-bond donors (Lipinski definition) is 1. The van der Waals surface area contributed by atoms with Crippen molar-refractivity contribution < 1.29 is 23.4 Å². The summed E-state index contributed by atoms with van der Waals surface area (Å²) in [5, 5.41) is 5.26. The van der Waals surface area contributed by atoms with Gasteiger partial charge in [-0.05, 0) is 54.4 Å². The number of hydrogen-bond acceptors (Lipinski definition) is 8. The van der Waals surface area contributed by atoms with Crippen molar-refractivity contribution >= 4 is 33.6 Å². The fourth-order valence-electron chi connectivity index (χ4n) is 4.73. The lowest BCUT2D eigenvalue weighted by Crippen LogP contribution is -2.38. The second kappa shape index (κ2) is 11.9. The molecular formula is C32H31N3O6. The van der Waals surface area contributed by atoms with Crippen molar-refractivity contribution in [3.05, 3.63) is 88.8 Å². The predicted octanol–water partition coefficient (Wildman–Crippen LogP) is 5.54. The van der Waals surface area contributed by atoms with Crippen LogP contribution < -0.4 is 15.6 Å². The van der Waals surface area contributed by atoms with Crippen molar-refractivity contribution in [1.29, 1.82) is 0 Å². The van der Waals surface area contributed by atoms with Gasteiger partial charge in [0.15, 0.2) is 0 Å². The number of carbonyl (C=O) groups is 1. The molecule has 3 heterocycles. The average Bonchev–Trinajstić information content (AvgIpc) is 3.34. The van der Waals surface area contributed by atoms with E-state index in [0.717, 1.165) is 40.3 Å². The summed E-state index contributed by atoms with van der Waals surface area (Å²) in [5.74, 6) is 0.594. The molecule has 0 bridgehead atoms. The van der Waals surface area contributed by atoms with E-state index in [2.05, 4.69) is 16.4 Å². The Morgan fingerprint density at radius 2 is 1.85 bits per heavy atom. The van der Waals surface area contributed by atoms with Gasteiger partial charge in [-0.25, -0.2) is 4.98 Å². The van der Waals surface area contributed by atoms with Gasteiger partial charge in [0.05, 0.1) is 26.0 Å². The van der Waals surface area contributed by atoms with E-state index >= 15 is 0 Å².